The highest BCUT2D eigenvalue weighted by atomic mass is 35.5. The number of hydrogen-bond acceptors (Lipinski definition) is 2. The van der Waals surface area contributed by atoms with Crippen LogP contribution >= 0.6 is 11.6 Å². The van der Waals surface area contributed by atoms with Gasteiger partial charge in [-0.05, 0) is 93.7 Å². The van der Waals surface area contributed by atoms with Crippen molar-refractivity contribution in [1.82, 2.24) is 0 Å². The number of hydrogen-bond donors (Lipinski definition) is 0. The number of ether oxygens (including phenoxy) is 2. The Morgan fingerprint density at radius 2 is 1.40 bits per heavy atom. The molecule has 3 fully saturated rings. The average Bonchev–Trinajstić information content (AvgIpc) is 2.80. The van der Waals surface area contributed by atoms with Crippen molar-refractivity contribution in [3.63, 3.8) is 0 Å². The molecule has 2 aliphatic carbocycles. The van der Waals surface area contributed by atoms with Crippen molar-refractivity contribution in [1.29, 1.82) is 0 Å². The first-order chi connectivity index (χ1) is 14.7. The second kappa shape index (κ2) is 11.2. The van der Waals surface area contributed by atoms with Crippen molar-refractivity contribution in [2.24, 2.45) is 29.6 Å². The second-order valence-corrected chi connectivity index (χ2v) is 10.4. The number of allylic oxidation sites excluding steroid dienone is 1. The van der Waals surface area contributed by atoms with Crippen LogP contribution in [-0.2, 0) is 15.9 Å². The summed E-state index contributed by atoms with van der Waals surface area (Å²) in [6, 6.07) is 8.42. The monoisotopic (exact) mass is 430 g/mol. The van der Waals surface area contributed by atoms with Crippen molar-refractivity contribution in [3.8, 4) is 0 Å². The molecule has 30 heavy (non-hydrogen) atoms. The van der Waals surface area contributed by atoms with E-state index in [1.807, 2.05) is 12.1 Å². The predicted octanol–water partition coefficient (Wildman–Crippen LogP) is 7.45. The van der Waals surface area contributed by atoms with Crippen molar-refractivity contribution in [2.45, 2.75) is 77.4 Å². The van der Waals surface area contributed by atoms with E-state index in [0.717, 1.165) is 36.0 Å². The van der Waals surface area contributed by atoms with E-state index < -0.39 is 0 Å². The standard InChI is InChI=1S/C27H39ClO2/c1-2-3-22-18-29-27(30-19-22)25-14-12-24(13-15-25)23-10-6-20(7-11-23)4-5-21-8-16-26(28)17-9-21/h2-3,8-9,16-17,20,22-25,27H,4-7,10-15,18-19H2,1H3/b3-2+/t20-,22-,23-,24-,25-,27-. The van der Waals surface area contributed by atoms with Crippen LogP contribution < -0.4 is 0 Å². The Hall–Kier alpha value is -0.830. The molecule has 0 unspecified atom stereocenters. The number of rotatable bonds is 6. The molecule has 2 nitrogen and oxygen atoms in total. The maximum Gasteiger partial charge on any atom is 0.160 e. The van der Waals surface area contributed by atoms with Gasteiger partial charge in [0.25, 0.3) is 0 Å². The van der Waals surface area contributed by atoms with Crippen LogP contribution in [0.5, 0.6) is 0 Å². The molecule has 0 bridgehead atoms. The minimum absolute atomic E-state index is 0.0519. The maximum atomic E-state index is 6.07. The van der Waals surface area contributed by atoms with E-state index in [0.29, 0.717) is 11.8 Å². The molecule has 3 heteroatoms. The first-order valence-corrected chi connectivity index (χ1v) is 12.7. The summed E-state index contributed by atoms with van der Waals surface area (Å²) in [5.74, 6) is 3.88. The zero-order valence-electron chi connectivity index (χ0n) is 18.6. The van der Waals surface area contributed by atoms with Gasteiger partial charge in [0.2, 0.25) is 0 Å². The van der Waals surface area contributed by atoms with Gasteiger partial charge in [-0.2, -0.15) is 0 Å². The summed E-state index contributed by atoms with van der Waals surface area (Å²) in [6.07, 6.45) is 18.0. The minimum atomic E-state index is 0.0519. The van der Waals surface area contributed by atoms with Crippen LogP contribution in [-0.4, -0.2) is 19.5 Å². The topological polar surface area (TPSA) is 18.5 Å². The first-order valence-electron chi connectivity index (χ1n) is 12.3. The van der Waals surface area contributed by atoms with Crippen molar-refractivity contribution >= 4 is 11.6 Å². The summed E-state index contributed by atoms with van der Waals surface area (Å²) in [7, 11) is 0. The molecule has 0 N–H and O–H groups in total. The van der Waals surface area contributed by atoms with Crippen LogP contribution in [0, 0.1) is 29.6 Å². The molecule has 1 aliphatic heterocycles. The summed E-state index contributed by atoms with van der Waals surface area (Å²) < 4.78 is 12.1. The van der Waals surface area contributed by atoms with Gasteiger partial charge in [-0.25, -0.2) is 0 Å². The Labute approximate surface area is 188 Å². The van der Waals surface area contributed by atoms with Gasteiger partial charge in [-0.15, -0.1) is 0 Å². The van der Waals surface area contributed by atoms with Gasteiger partial charge in [-0.1, -0.05) is 48.7 Å². The SMILES string of the molecule is C/C=C/[C@H]1CO[C@H]([C@H]2CC[C@H]([C@H]3CC[C@H](CCc4ccc(Cl)cc4)CC3)CC2)OC1. The fourth-order valence-corrected chi connectivity index (χ4v) is 6.17. The second-order valence-electron chi connectivity index (χ2n) is 9.94. The summed E-state index contributed by atoms with van der Waals surface area (Å²) in [6.45, 7) is 3.73. The van der Waals surface area contributed by atoms with E-state index in [4.69, 9.17) is 21.1 Å². The Bertz CT molecular complexity index is 646. The van der Waals surface area contributed by atoms with E-state index in [2.05, 4.69) is 31.2 Å². The van der Waals surface area contributed by atoms with Gasteiger partial charge in [0.15, 0.2) is 6.29 Å². The fourth-order valence-electron chi connectivity index (χ4n) is 6.05. The molecule has 2 saturated carbocycles. The normalized spacial score (nSPS) is 35.5. The molecular formula is C27H39ClO2. The number of aryl methyl sites for hydroxylation is 1. The summed E-state index contributed by atoms with van der Waals surface area (Å²) >= 11 is 6.00. The van der Waals surface area contributed by atoms with Gasteiger partial charge in [0.1, 0.15) is 0 Å². The first kappa shape index (κ1) is 22.4. The van der Waals surface area contributed by atoms with E-state index in [-0.39, 0.29) is 6.29 Å². The van der Waals surface area contributed by atoms with Gasteiger partial charge in [0, 0.05) is 16.9 Å². The lowest BCUT2D eigenvalue weighted by Gasteiger charge is -2.40. The van der Waals surface area contributed by atoms with E-state index >= 15 is 0 Å². The molecule has 166 valence electrons. The quantitative estimate of drug-likeness (QED) is 0.436. The van der Waals surface area contributed by atoms with Crippen LogP contribution in [0.25, 0.3) is 0 Å². The third kappa shape index (κ3) is 6.11. The van der Waals surface area contributed by atoms with Gasteiger partial charge in [-0.3, -0.25) is 0 Å². The maximum absolute atomic E-state index is 6.07. The van der Waals surface area contributed by atoms with E-state index in [1.54, 1.807) is 0 Å². The molecule has 0 radical (unpaired) electrons. The third-order valence-corrected chi connectivity index (χ3v) is 8.18. The van der Waals surface area contributed by atoms with Gasteiger partial charge in [0.05, 0.1) is 13.2 Å². The lowest BCUT2D eigenvalue weighted by atomic mass is 9.68. The van der Waals surface area contributed by atoms with Crippen LogP contribution in [0.2, 0.25) is 5.02 Å². The molecule has 0 aromatic heterocycles. The molecule has 1 aromatic rings. The zero-order chi connectivity index (χ0) is 20.8. The lowest BCUT2D eigenvalue weighted by Crippen LogP contribution is -2.38. The molecule has 1 saturated heterocycles. The van der Waals surface area contributed by atoms with Crippen LogP contribution in [0.1, 0.15) is 70.3 Å². The Morgan fingerprint density at radius 3 is 2.00 bits per heavy atom. The van der Waals surface area contributed by atoms with Crippen molar-refractivity contribution in [2.75, 3.05) is 13.2 Å². The number of halogens is 1. The Balaban J connectivity index is 1.14. The van der Waals surface area contributed by atoms with E-state index in [1.165, 1.54) is 69.8 Å². The lowest BCUT2D eigenvalue weighted by molar-refractivity contribution is -0.223. The largest absolute Gasteiger partial charge is 0.352 e. The molecule has 1 aromatic carbocycles. The highest BCUT2D eigenvalue weighted by Gasteiger charge is 2.35. The highest BCUT2D eigenvalue weighted by Crippen LogP contribution is 2.43. The van der Waals surface area contributed by atoms with Crippen LogP contribution in [0.4, 0.5) is 0 Å². The Kier molecular flexibility index (Phi) is 8.32. The van der Waals surface area contributed by atoms with Gasteiger partial charge >= 0.3 is 0 Å². The van der Waals surface area contributed by atoms with Crippen LogP contribution in [0.3, 0.4) is 0 Å². The van der Waals surface area contributed by atoms with Crippen LogP contribution in [0.15, 0.2) is 36.4 Å². The van der Waals surface area contributed by atoms with Gasteiger partial charge < -0.3 is 9.47 Å². The highest BCUT2D eigenvalue weighted by molar-refractivity contribution is 6.30. The number of benzene rings is 1. The molecule has 1 heterocycles. The molecule has 0 atom stereocenters. The molecule has 4 rings (SSSR count). The molecule has 0 amide bonds. The molecule has 0 spiro atoms. The summed E-state index contributed by atoms with van der Waals surface area (Å²) in [4.78, 5) is 0. The average molecular weight is 431 g/mol. The summed E-state index contributed by atoms with van der Waals surface area (Å²) in [5, 5.41) is 0.841. The molecular weight excluding hydrogens is 392 g/mol. The Morgan fingerprint density at radius 1 is 0.833 bits per heavy atom. The third-order valence-electron chi connectivity index (χ3n) is 7.93. The smallest absolute Gasteiger partial charge is 0.160 e. The molecule has 3 aliphatic rings. The fraction of sp³-hybridized carbons (Fsp3) is 0.704. The van der Waals surface area contributed by atoms with Crippen molar-refractivity contribution in [3.05, 3.63) is 47.0 Å². The minimum Gasteiger partial charge on any atom is -0.352 e. The summed E-state index contributed by atoms with van der Waals surface area (Å²) in [5.41, 5.74) is 1.43. The zero-order valence-corrected chi connectivity index (χ0v) is 19.4. The van der Waals surface area contributed by atoms with Crippen molar-refractivity contribution < 1.29 is 9.47 Å². The predicted molar refractivity (Wildman–Crippen MR) is 125 cm³/mol. The van der Waals surface area contributed by atoms with E-state index in [9.17, 15) is 0 Å².